The van der Waals surface area contributed by atoms with E-state index in [2.05, 4.69) is 16.4 Å². The largest absolute Gasteiger partial charge is 0.494 e. The molecule has 6 nitrogen and oxygen atoms in total. The number of fused-ring (bicyclic) bond motifs is 1. The molecular weight excluding hydrogens is 384 g/mol. The number of carbonyl (C=O) groups is 1. The van der Waals surface area contributed by atoms with Crippen LogP contribution in [0.4, 0.5) is 5.69 Å². The van der Waals surface area contributed by atoms with Crippen LogP contribution in [-0.4, -0.2) is 21.9 Å². The van der Waals surface area contributed by atoms with Crippen LogP contribution in [0.1, 0.15) is 18.2 Å². The van der Waals surface area contributed by atoms with E-state index in [1.807, 2.05) is 47.2 Å². The third-order valence-corrected chi connectivity index (χ3v) is 5.30. The minimum Gasteiger partial charge on any atom is -0.494 e. The number of nitrogens with zero attached hydrogens (tertiary/aromatic N) is 3. The molecule has 0 aliphatic rings. The Morgan fingerprint density at radius 3 is 2.79 bits per heavy atom. The average Bonchev–Trinajstić information content (AvgIpc) is 3.31. The Hall–Kier alpha value is -3.63. The van der Waals surface area contributed by atoms with Gasteiger partial charge in [0, 0.05) is 22.8 Å². The molecule has 0 atom stereocenters. The van der Waals surface area contributed by atoms with Crippen molar-refractivity contribution in [2.75, 3.05) is 11.9 Å². The van der Waals surface area contributed by atoms with Crippen LogP contribution in [0, 0.1) is 11.3 Å². The summed E-state index contributed by atoms with van der Waals surface area (Å²) in [7, 11) is 0. The number of aromatic nitrogens is 2. The topological polar surface area (TPSA) is 79.4 Å². The number of nitriles is 1. The van der Waals surface area contributed by atoms with E-state index in [1.165, 1.54) is 11.3 Å². The Balaban J connectivity index is 1.53. The Morgan fingerprint density at radius 1 is 1.24 bits per heavy atom. The maximum Gasteiger partial charge on any atom is 0.230 e. The highest BCUT2D eigenvalue weighted by Crippen LogP contribution is 2.26. The molecule has 4 aromatic rings. The Labute approximate surface area is 172 Å². The van der Waals surface area contributed by atoms with Crippen molar-refractivity contribution >= 4 is 27.9 Å². The van der Waals surface area contributed by atoms with Crippen molar-refractivity contribution in [3.63, 3.8) is 0 Å². The van der Waals surface area contributed by atoms with Gasteiger partial charge < -0.3 is 10.1 Å². The molecule has 0 aliphatic carbocycles. The van der Waals surface area contributed by atoms with Gasteiger partial charge in [-0.2, -0.15) is 5.26 Å². The van der Waals surface area contributed by atoms with Gasteiger partial charge in [-0.1, -0.05) is 12.1 Å². The predicted octanol–water partition coefficient (Wildman–Crippen LogP) is 4.51. The number of amides is 1. The van der Waals surface area contributed by atoms with E-state index in [4.69, 9.17) is 10.00 Å². The van der Waals surface area contributed by atoms with Crippen molar-refractivity contribution in [3.05, 3.63) is 71.4 Å². The van der Waals surface area contributed by atoms with Gasteiger partial charge in [0.25, 0.3) is 0 Å². The zero-order valence-electron chi connectivity index (χ0n) is 15.8. The van der Waals surface area contributed by atoms with Crippen molar-refractivity contribution in [2.45, 2.75) is 13.3 Å². The fraction of sp³-hybridized carbons (Fsp3) is 0.136. The molecule has 1 amide bonds. The van der Waals surface area contributed by atoms with E-state index in [1.54, 1.807) is 24.3 Å². The van der Waals surface area contributed by atoms with Gasteiger partial charge in [0.05, 0.1) is 30.0 Å². The smallest absolute Gasteiger partial charge is 0.230 e. The lowest BCUT2D eigenvalue weighted by Gasteiger charge is -2.06. The molecule has 0 aliphatic heterocycles. The van der Waals surface area contributed by atoms with Crippen LogP contribution in [-0.2, 0) is 11.2 Å². The minimum absolute atomic E-state index is 0.177. The summed E-state index contributed by atoms with van der Waals surface area (Å²) >= 11 is 1.49. The SMILES string of the molecule is CCOc1ccc(-c2cn3c(CC(=O)Nc4ccccc4C#N)csc3n2)cc1. The van der Waals surface area contributed by atoms with Gasteiger partial charge in [0.15, 0.2) is 4.96 Å². The zero-order chi connectivity index (χ0) is 20.2. The number of ether oxygens (including phenoxy) is 1. The standard InChI is InChI=1S/C22H18N4O2S/c1-2-28-18-9-7-15(8-10-18)20-13-26-17(14-29-22(26)25-20)11-21(27)24-19-6-4-3-5-16(19)12-23/h3-10,13-14H,2,11H2,1H3,(H,24,27). The second-order valence-electron chi connectivity index (χ2n) is 6.35. The average molecular weight is 402 g/mol. The molecule has 0 spiro atoms. The van der Waals surface area contributed by atoms with Gasteiger partial charge in [0.2, 0.25) is 5.91 Å². The third kappa shape index (κ3) is 3.98. The van der Waals surface area contributed by atoms with Crippen molar-refractivity contribution in [3.8, 4) is 23.1 Å². The molecule has 144 valence electrons. The van der Waals surface area contributed by atoms with Crippen molar-refractivity contribution in [2.24, 2.45) is 0 Å². The van der Waals surface area contributed by atoms with E-state index in [-0.39, 0.29) is 12.3 Å². The number of anilines is 1. The van der Waals surface area contributed by atoms with E-state index < -0.39 is 0 Å². The van der Waals surface area contributed by atoms with Gasteiger partial charge in [-0.25, -0.2) is 4.98 Å². The summed E-state index contributed by atoms with van der Waals surface area (Å²) in [5.74, 6) is 0.649. The normalized spacial score (nSPS) is 10.6. The molecule has 1 N–H and O–H groups in total. The van der Waals surface area contributed by atoms with Crippen molar-refractivity contribution < 1.29 is 9.53 Å². The van der Waals surface area contributed by atoms with Crippen LogP contribution in [0.3, 0.4) is 0 Å². The predicted molar refractivity (Wildman–Crippen MR) is 113 cm³/mol. The summed E-state index contributed by atoms with van der Waals surface area (Å²) < 4.78 is 7.42. The maximum absolute atomic E-state index is 12.5. The molecule has 2 aromatic heterocycles. The highest BCUT2D eigenvalue weighted by molar-refractivity contribution is 7.15. The van der Waals surface area contributed by atoms with Gasteiger partial charge in [-0.15, -0.1) is 11.3 Å². The van der Waals surface area contributed by atoms with Gasteiger partial charge >= 0.3 is 0 Å². The first-order chi connectivity index (χ1) is 14.2. The first-order valence-electron chi connectivity index (χ1n) is 9.15. The van der Waals surface area contributed by atoms with E-state index >= 15 is 0 Å². The zero-order valence-corrected chi connectivity index (χ0v) is 16.6. The van der Waals surface area contributed by atoms with Crippen molar-refractivity contribution in [1.82, 2.24) is 9.38 Å². The summed E-state index contributed by atoms with van der Waals surface area (Å²) in [6, 6.07) is 16.8. The summed E-state index contributed by atoms with van der Waals surface area (Å²) in [5, 5.41) is 13.9. The lowest BCUT2D eigenvalue weighted by Crippen LogP contribution is -2.16. The lowest BCUT2D eigenvalue weighted by molar-refractivity contribution is -0.115. The fourth-order valence-electron chi connectivity index (χ4n) is 3.03. The summed E-state index contributed by atoms with van der Waals surface area (Å²) in [6.07, 6.45) is 2.13. The number of thiazole rings is 1. The molecule has 4 rings (SSSR count). The monoisotopic (exact) mass is 402 g/mol. The molecule has 0 unspecified atom stereocenters. The van der Waals surface area contributed by atoms with Crippen LogP contribution in [0.5, 0.6) is 5.75 Å². The Kier molecular flexibility index (Phi) is 5.27. The van der Waals surface area contributed by atoms with Crippen LogP contribution >= 0.6 is 11.3 Å². The first-order valence-corrected chi connectivity index (χ1v) is 10.0. The highest BCUT2D eigenvalue weighted by atomic mass is 32.1. The molecule has 0 bridgehead atoms. The first kappa shape index (κ1) is 18.7. The molecule has 2 heterocycles. The van der Waals surface area contributed by atoms with Crippen LogP contribution < -0.4 is 10.1 Å². The number of nitrogens with one attached hydrogen (secondary N) is 1. The van der Waals surface area contributed by atoms with Crippen LogP contribution in [0.25, 0.3) is 16.2 Å². The lowest BCUT2D eigenvalue weighted by atomic mass is 10.1. The maximum atomic E-state index is 12.5. The molecule has 0 saturated carbocycles. The van der Waals surface area contributed by atoms with E-state index in [0.29, 0.717) is 17.9 Å². The molecule has 7 heteroatoms. The molecular formula is C22H18N4O2S. The van der Waals surface area contributed by atoms with Gasteiger partial charge in [-0.3, -0.25) is 9.20 Å². The number of hydrogen-bond acceptors (Lipinski definition) is 5. The van der Waals surface area contributed by atoms with Crippen molar-refractivity contribution in [1.29, 1.82) is 5.26 Å². The molecule has 2 aromatic carbocycles. The van der Waals surface area contributed by atoms with E-state index in [0.717, 1.165) is 27.7 Å². The third-order valence-electron chi connectivity index (χ3n) is 4.41. The van der Waals surface area contributed by atoms with Crippen LogP contribution in [0.15, 0.2) is 60.1 Å². The summed E-state index contributed by atoms with van der Waals surface area (Å²) in [4.78, 5) is 18.0. The molecule has 29 heavy (non-hydrogen) atoms. The van der Waals surface area contributed by atoms with Crippen LogP contribution in [0.2, 0.25) is 0 Å². The van der Waals surface area contributed by atoms with Gasteiger partial charge in [-0.05, 0) is 43.3 Å². The quantitative estimate of drug-likeness (QED) is 0.514. The molecule has 0 saturated heterocycles. The number of hydrogen-bond donors (Lipinski definition) is 1. The highest BCUT2D eigenvalue weighted by Gasteiger charge is 2.14. The van der Waals surface area contributed by atoms with E-state index in [9.17, 15) is 4.79 Å². The number of rotatable bonds is 6. The Morgan fingerprint density at radius 2 is 2.03 bits per heavy atom. The number of imidazole rings is 1. The summed E-state index contributed by atoms with van der Waals surface area (Å²) in [5.41, 5.74) is 3.64. The second kappa shape index (κ2) is 8.17. The fourth-order valence-corrected chi connectivity index (χ4v) is 3.91. The Bertz CT molecular complexity index is 1200. The number of para-hydroxylation sites is 1. The molecule has 0 fully saturated rings. The minimum atomic E-state index is -0.177. The number of carbonyl (C=O) groups excluding carboxylic acids is 1. The van der Waals surface area contributed by atoms with Gasteiger partial charge in [0.1, 0.15) is 11.8 Å². The molecule has 0 radical (unpaired) electrons. The second-order valence-corrected chi connectivity index (χ2v) is 7.18. The number of benzene rings is 2. The summed E-state index contributed by atoms with van der Waals surface area (Å²) in [6.45, 7) is 2.58.